The maximum atomic E-state index is 11.6. The summed E-state index contributed by atoms with van der Waals surface area (Å²) in [6.07, 6.45) is -0.0745. The van der Waals surface area contributed by atoms with E-state index < -0.39 is 18.0 Å². The summed E-state index contributed by atoms with van der Waals surface area (Å²) in [4.78, 5) is 35.3. The number of benzene rings is 1. The van der Waals surface area contributed by atoms with Crippen molar-refractivity contribution < 1.29 is 24.2 Å². The number of ether oxygens (including phenoxy) is 1. The fourth-order valence-corrected chi connectivity index (χ4v) is 2.12. The monoisotopic (exact) mass is 278 g/mol. The van der Waals surface area contributed by atoms with E-state index in [-0.39, 0.29) is 12.1 Å². The number of carboxylic acids is 1. The smallest absolute Gasteiger partial charge is 0.413 e. The third-order valence-corrected chi connectivity index (χ3v) is 3.09. The summed E-state index contributed by atoms with van der Waals surface area (Å²) in [5.41, 5.74) is 1.87. The van der Waals surface area contributed by atoms with E-state index in [4.69, 9.17) is 5.11 Å². The van der Waals surface area contributed by atoms with E-state index in [0.29, 0.717) is 12.2 Å². The highest BCUT2D eigenvalue weighted by molar-refractivity contribution is 5.95. The third-order valence-electron chi connectivity index (χ3n) is 3.09. The largest absolute Gasteiger partial charge is 0.478 e. The van der Waals surface area contributed by atoms with Crippen LogP contribution in [0.2, 0.25) is 0 Å². The molecule has 0 aromatic heterocycles. The predicted octanol–water partition coefficient (Wildman–Crippen LogP) is 0.630. The van der Waals surface area contributed by atoms with E-state index in [2.05, 4.69) is 10.1 Å². The number of carbonyl (C=O) groups is 3. The van der Waals surface area contributed by atoms with Crippen LogP contribution >= 0.6 is 0 Å². The van der Waals surface area contributed by atoms with Crippen LogP contribution in [0.25, 0.3) is 0 Å². The molecule has 0 spiro atoms. The Morgan fingerprint density at radius 1 is 1.40 bits per heavy atom. The fraction of sp³-hybridized carbons (Fsp3) is 0.308. The second-order valence-corrected chi connectivity index (χ2v) is 4.36. The molecule has 0 atom stereocenters. The standard InChI is InChI=1S/C13H14N2O5/c1-20-13(19)14-11(16)7-15-5-4-8-2-3-9(12(17)18)6-10(8)15/h2-3,6H,4-5,7H2,1H3,(H,17,18)(H,14,16,19). The van der Waals surface area contributed by atoms with Gasteiger partial charge in [0.1, 0.15) is 0 Å². The van der Waals surface area contributed by atoms with Gasteiger partial charge in [0.05, 0.1) is 19.2 Å². The molecule has 106 valence electrons. The van der Waals surface area contributed by atoms with Crippen molar-refractivity contribution in [2.45, 2.75) is 6.42 Å². The van der Waals surface area contributed by atoms with Crippen LogP contribution in [0.3, 0.4) is 0 Å². The van der Waals surface area contributed by atoms with Crippen LogP contribution in [-0.2, 0) is 16.0 Å². The Kier molecular flexibility index (Phi) is 3.88. The Bertz CT molecular complexity index is 570. The molecule has 0 radical (unpaired) electrons. The van der Waals surface area contributed by atoms with Crippen molar-refractivity contribution in [1.82, 2.24) is 5.32 Å². The molecule has 0 saturated heterocycles. The highest BCUT2D eigenvalue weighted by Crippen LogP contribution is 2.28. The number of hydrogen-bond donors (Lipinski definition) is 2. The first-order valence-corrected chi connectivity index (χ1v) is 6.00. The first kappa shape index (κ1) is 13.9. The van der Waals surface area contributed by atoms with Crippen LogP contribution in [-0.4, -0.2) is 43.3 Å². The number of fused-ring (bicyclic) bond motifs is 1. The van der Waals surface area contributed by atoms with Gasteiger partial charge in [-0.2, -0.15) is 0 Å². The van der Waals surface area contributed by atoms with E-state index in [1.54, 1.807) is 17.0 Å². The molecular weight excluding hydrogens is 264 g/mol. The summed E-state index contributed by atoms with van der Waals surface area (Å²) in [6, 6.07) is 4.83. The molecule has 2 N–H and O–H groups in total. The van der Waals surface area contributed by atoms with Gasteiger partial charge in [-0.1, -0.05) is 6.07 Å². The van der Waals surface area contributed by atoms with Gasteiger partial charge in [0.2, 0.25) is 5.91 Å². The fourth-order valence-electron chi connectivity index (χ4n) is 2.12. The van der Waals surface area contributed by atoms with Crippen molar-refractivity contribution in [2.75, 3.05) is 25.1 Å². The average Bonchev–Trinajstić information content (AvgIpc) is 2.80. The zero-order chi connectivity index (χ0) is 14.7. The van der Waals surface area contributed by atoms with Gasteiger partial charge in [0.15, 0.2) is 0 Å². The van der Waals surface area contributed by atoms with Crippen molar-refractivity contribution in [1.29, 1.82) is 0 Å². The maximum absolute atomic E-state index is 11.6. The molecular formula is C13H14N2O5. The Hall–Kier alpha value is -2.57. The first-order valence-electron chi connectivity index (χ1n) is 6.00. The zero-order valence-corrected chi connectivity index (χ0v) is 10.9. The summed E-state index contributed by atoms with van der Waals surface area (Å²) < 4.78 is 4.34. The lowest BCUT2D eigenvalue weighted by Gasteiger charge is -2.18. The van der Waals surface area contributed by atoms with Crippen molar-refractivity contribution in [3.8, 4) is 0 Å². The number of aromatic carboxylic acids is 1. The number of carbonyl (C=O) groups excluding carboxylic acids is 2. The molecule has 2 rings (SSSR count). The molecule has 1 aliphatic heterocycles. The number of nitrogens with one attached hydrogen (secondary N) is 1. The van der Waals surface area contributed by atoms with E-state index in [1.165, 1.54) is 13.2 Å². The molecule has 1 aromatic rings. The number of alkyl carbamates (subject to hydrolysis) is 1. The lowest BCUT2D eigenvalue weighted by molar-refractivity contribution is -0.119. The number of anilines is 1. The van der Waals surface area contributed by atoms with E-state index in [1.807, 2.05) is 0 Å². The molecule has 2 amide bonds. The molecule has 7 nitrogen and oxygen atoms in total. The second kappa shape index (κ2) is 5.60. The Morgan fingerprint density at radius 2 is 2.15 bits per heavy atom. The minimum absolute atomic E-state index is 0.0226. The van der Waals surface area contributed by atoms with Crippen LogP contribution in [0.5, 0.6) is 0 Å². The minimum Gasteiger partial charge on any atom is -0.478 e. The Morgan fingerprint density at radius 3 is 2.80 bits per heavy atom. The molecule has 1 heterocycles. The number of hydrogen-bond acceptors (Lipinski definition) is 5. The maximum Gasteiger partial charge on any atom is 0.413 e. The molecule has 1 aromatic carbocycles. The van der Waals surface area contributed by atoms with Gasteiger partial charge in [-0.25, -0.2) is 9.59 Å². The van der Waals surface area contributed by atoms with Gasteiger partial charge < -0.3 is 14.7 Å². The minimum atomic E-state index is -1.02. The van der Waals surface area contributed by atoms with Crippen LogP contribution in [0.15, 0.2) is 18.2 Å². The number of imide groups is 1. The van der Waals surface area contributed by atoms with Crippen LogP contribution in [0, 0.1) is 0 Å². The van der Waals surface area contributed by atoms with E-state index >= 15 is 0 Å². The van der Waals surface area contributed by atoms with Gasteiger partial charge in [0.25, 0.3) is 0 Å². The molecule has 0 unspecified atom stereocenters. The summed E-state index contributed by atoms with van der Waals surface area (Å²) >= 11 is 0. The van der Waals surface area contributed by atoms with Crippen molar-refractivity contribution in [3.05, 3.63) is 29.3 Å². The summed E-state index contributed by atoms with van der Waals surface area (Å²) in [6.45, 7) is 0.582. The van der Waals surface area contributed by atoms with Crippen molar-refractivity contribution >= 4 is 23.7 Å². The lowest BCUT2D eigenvalue weighted by Crippen LogP contribution is -2.39. The first-order chi connectivity index (χ1) is 9.51. The highest BCUT2D eigenvalue weighted by atomic mass is 16.5. The normalized spacial score (nSPS) is 12.8. The van der Waals surface area contributed by atoms with Crippen LogP contribution in [0.1, 0.15) is 15.9 Å². The zero-order valence-electron chi connectivity index (χ0n) is 10.9. The highest BCUT2D eigenvalue weighted by Gasteiger charge is 2.23. The second-order valence-electron chi connectivity index (χ2n) is 4.36. The molecule has 20 heavy (non-hydrogen) atoms. The molecule has 0 fully saturated rings. The number of nitrogens with zero attached hydrogens (tertiary/aromatic N) is 1. The van der Waals surface area contributed by atoms with Crippen molar-refractivity contribution in [3.63, 3.8) is 0 Å². The third kappa shape index (κ3) is 2.87. The summed E-state index contributed by atoms with van der Waals surface area (Å²) in [5, 5.41) is 11.0. The molecule has 0 saturated carbocycles. The van der Waals surface area contributed by atoms with E-state index in [0.717, 1.165) is 12.0 Å². The van der Waals surface area contributed by atoms with Gasteiger partial charge in [-0.15, -0.1) is 0 Å². The Labute approximate surface area is 115 Å². The summed E-state index contributed by atoms with van der Waals surface area (Å²) in [7, 11) is 1.17. The lowest BCUT2D eigenvalue weighted by atomic mass is 10.1. The number of amides is 2. The topological polar surface area (TPSA) is 95.9 Å². The van der Waals surface area contributed by atoms with E-state index in [9.17, 15) is 14.4 Å². The molecule has 1 aliphatic rings. The van der Waals surface area contributed by atoms with Crippen LogP contribution < -0.4 is 10.2 Å². The van der Waals surface area contributed by atoms with Crippen molar-refractivity contribution in [2.24, 2.45) is 0 Å². The van der Waals surface area contributed by atoms with Gasteiger partial charge in [0, 0.05) is 12.2 Å². The number of methoxy groups -OCH3 is 1. The van der Waals surface area contributed by atoms with Gasteiger partial charge in [-0.05, 0) is 24.1 Å². The van der Waals surface area contributed by atoms with Gasteiger partial charge in [-0.3, -0.25) is 10.1 Å². The number of carboxylic acid groups (broad SMARTS) is 1. The number of rotatable bonds is 3. The van der Waals surface area contributed by atoms with Gasteiger partial charge >= 0.3 is 12.1 Å². The average molecular weight is 278 g/mol. The molecule has 7 heteroatoms. The van der Waals surface area contributed by atoms with Crippen LogP contribution in [0.4, 0.5) is 10.5 Å². The molecule has 0 bridgehead atoms. The summed E-state index contributed by atoms with van der Waals surface area (Å²) in [5.74, 6) is -1.51. The SMILES string of the molecule is COC(=O)NC(=O)CN1CCc2ccc(C(=O)O)cc21. The molecule has 0 aliphatic carbocycles. The Balaban J connectivity index is 2.11. The quantitative estimate of drug-likeness (QED) is 0.842. The predicted molar refractivity (Wildman–Crippen MR) is 69.9 cm³/mol.